The Morgan fingerprint density at radius 1 is 1.26 bits per heavy atom. The van der Waals surface area contributed by atoms with E-state index in [1.807, 2.05) is 0 Å². The molecular formula is C15H21FN2O. The molecule has 104 valence electrons. The monoisotopic (exact) mass is 264 g/mol. The van der Waals surface area contributed by atoms with Crippen LogP contribution in [0, 0.1) is 5.82 Å². The van der Waals surface area contributed by atoms with Crippen LogP contribution in [-0.4, -0.2) is 18.0 Å². The molecule has 4 heteroatoms. The van der Waals surface area contributed by atoms with Gasteiger partial charge in [0.05, 0.1) is 6.42 Å². The Morgan fingerprint density at radius 2 is 1.95 bits per heavy atom. The molecule has 0 saturated heterocycles. The van der Waals surface area contributed by atoms with Gasteiger partial charge in [0, 0.05) is 12.1 Å². The fourth-order valence-electron chi connectivity index (χ4n) is 2.58. The van der Waals surface area contributed by atoms with E-state index in [0.717, 1.165) is 25.7 Å². The molecule has 0 spiro atoms. The molecule has 1 aromatic rings. The van der Waals surface area contributed by atoms with Crippen molar-refractivity contribution in [3.63, 3.8) is 0 Å². The van der Waals surface area contributed by atoms with Crippen LogP contribution in [0.4, 0.5) is 4.39 Å². The van der Waals surface area contributed by atoms with Gasteiger partial charge < -0.3 is 11.1 Å². The molecule has 1 fully saturated rings. The zero-order chi connectivity index (χ0) is 13.7. The van der Waals surface area contributed by atoms with Gasteiger partial charge >= 0.3 is 0 Å². The van der Waals surface area contributed by atoms with Gasteiger partial charge in [-0.1, -0.05) is 37.5 Å². The molecule has 1 aromatic carbocycles. The predicted octanol–water partition coefficient (Wildman–Crippen LogP) is 2.15. The Bertz CT molecular complexity index is 442. The largest absolute Gasteiger partial charge is 0.354 e. The number of carbonyl (C=O) groups excluding carboxylic acids is 1. The van der Waals surface area contributed by atoms with Crippen molar-refractivity contribution in [2.75, 3.05) is 6.54 Å². The molecule has 0 unspecified atom stereocenters. The van der Waals surface area contributed by atoms with Crippen molar-refractivity contribution in [1.82, 2.24) is 5.32 Å². The highest BCUT2D eigenvalue weighted by molar-refractivity contribution is 5.78. The van der Waals surface area contributed by atoms with Gasteiger partial charge in [-0.25, -0.2) is 4.39 Å². The summed E-state index contributed by atoms with van der Waals surface area (Å²) < 4.78 is 13.4. The molecule has 1 aliphatic rings. The minimum atomic E-state index is -0.335. The lowest BCUT2D eigenvalue weighted by atomic mass is 9.82. The molecular weight excluding hydrogens is 243 g/mol. The summed E-state index contributed by atoms with van der Waals surface area (Å²) in [7, 11) is 0. The Labute approximate surface area is 113 Å². The zero-order valence-electron chi connectivity index (χ0n) is 11.1. The number of halogens is 1. The fourth-order valence-corrected chi connectivity index (χ4v) is 2.58. The Kier molecular flexibility index (Phi) is 4.53. The minimum Gasteiger partial charge on any atom is -0.354 e. The van der Waals surface area contributed by atoms with Crippen molar-refractivity contribution in [3.8, 4) is 0 Å². The van der Waals surface area contributed by atoms with Gasteiger partial charge in [0.2, 0.25) is 5.91 Å². The summed E-state index contributed by atoms with van der Waals surface area (Å²) in [5.41, 5.74) is 6.39. The van der Waals surface area contributed by atoms with E-state index < -0.39 is 0 Å². The molecule has 1 aliphatic carbocycles. The topological polar surface area (TPSA) is 55.1 Å². The van der Waals surface area contributed by atoms with Crippen molar-refractivity contribution in [1.29, 1.82) is 0 Å². The molecule has 0 heterocycles. The van der Waals surface area contributed by atoms with Crippen LogP contribution in [0.15, 0.2) is 24.3 Å². The molecule has 0 atom stereocenters. The smallest absolute Gasteiger partial charge is 0.224 e. The van der Waals surface area contributed by atoms with Crippen LogP contribution >= 0.6 is 0 Å². The number of nitrogens with two attached hydrogens (primary N) is 1. The van der Waals surface area contributed by atoms with Crippen LogP contribution in [0.1, 0.15) is 37.7 Å². The second kappa shape index (κ2) is 6.15. The van der Waals surface area contributed by atoms with E-state index in [1.54, 1.807) is 18.2 Å². The first-order valence-corrected chi connectivity index (χ1v) is 6.88. The first kappa shape index (κ1) is 14.0. The summed E-state index contributed by atoms with van der Waals surface area (Å²) in [5, 5.41) is 2.84. The summed E-state index contributed by atoms with van der Waals surface area (Å²) in [6.45, 7) is 0.486. The molecule has 1 saturated carbocycles. The van der Waals surface area contributed by atoms with Crippen LogP contribution < -0.4 is 11.1 Å². The Balaban J connectivity index is 1.83. The second-order valence-electron chi connectivity index (χ2n) is 5.47. The second-order valence-corrected chi connectivity index (χ2v) is 5.47. The van der Waals surface area contributed by atoms with E-state index in [4.69, 9.17) is 5.73 Å². The molecule has 0 aliphatic heterocycles. The van der Waals surface area contributed by atoms with Crippen LogP contribution in [0.25, 0.3) is 0 Å². The van der Waals surface area contributed by atoms with Crippen molar-refractivity contribution >= 4 is 5.91 Å². The summed E-state index contributed by atoms with van der Waals surface area (Å²) >= 11 is 0. The van der Waals surface area contributed by atoms with Gasteiger partial charge in [-0.15, -0.1) is 0 Å². The normalized spacial score (nSPS) is 18.0. The van der Waals surface area contributed by atoms with Crippen molar-refractivity contribution in [2.24, 2.45) is 5.73 Å². The van der Waals surface area contributed by atoms with E-state index in [1.165, 1.54) is 12.5 Å². The molecule has 3 nitrogen and oxygen atoms in total. The number of nitrogens with one attached hydrogen (secondary N) is 1. The number of benzene rings is 1. The van der Waals surface area contributed by atoms with E-state index in [-0.39, 0.29) is 23.7 Å². The van der Waals surface area contributed by atoms with E-state index >= 15 is 0 Å². The first-order chi connectivity index (χ1) is 9.09. The lowest BCUT2D eigenvalue weighted by Crippen LogP contribution is -2.51. The van der Waals surface area contributed by atoms with Gasteiger partial charge in [-0.2, -0.15) is 0 Å². The molecule has 0 bridgehead atoms. The molecule has 0 radical (unpaired) electrons. The van der Waals surface area contributed by atoms with Gasteiger partial charge in [0.1, 0.15) is 5.82 Å². The summed E-state index contributed by atoms with van der Waals surface area (Å²) in [4.78, 5) is 11.8. The lowest BCUT2D eigenvalue weighted by molar-refractivity contribution is -0.120. The Hall–Kier alpha value is -1.42. The summed E-state index contributed by atoms with van der Waals surface area (Å²) in [6, 6.07) is 6.35. The lowest BCUT2D eigenvalue weighted by Gasteiger charge is -2.33. The number of hydrogen-bond acceptors (Lipinski definition) is 2. The van der Waals surface area contributed by atoms with Crippen molar-refractivity contribution in [2.45, 2.75) is 44.1 Å². The minimum absolute atomic E-state index is 0.0722. The van der Waals surface area contributed by atoms with E-state index in [9.17, 15) is 9.18 Å². The average molecular weight is 264 g/mol. The quantitative estimate of drug-likeness (QED) is 0.875. The predicted molar refractivity (Wildman–Crippen MR) is 73.1 cm³/mol. The molecule has 0 aromatic heterocycles. The third-order valence-corrected chi connectivity index (χ3v) is 3.80. The number of amides is 1. The third-order valence-electron chi connectivity index (χ3n) is 3.80. The first-order valence-electron chi connectivity index (χ1n) is 6.88. The zero-order valence-corrected chi connectivity index (χ0v) is 11.1. The number of hydrogen-bond donors (Lipinski definition) is 2. The molecule has 3 N–H and O–H groups in total. The fraction of sp³-hybridized carbons (Fsp3) is 0.533. The highest BCUT2D eigenvalue weighted by atomic mass is 19.1. The molecule has 1 amide bonds. The Morgan fingerprint density at radius 3 is 2.63 bits per heavy atom. The maximum Gasteiger partial charge on any atom is 0.224 e. The van der Waals surface area contributed by atoms with Gasteiger partial charge in [-0.3, -0.25) is 4.79 Å². The van der Waals surface area contributed by atoms with Crippen molar-refractivity contribution < 1.29 is 9.18 Å². The maximum absolute atomic E-state index is 13.4. The maximum atomic E-state index is 13.4. The summed E-state index contributed by atoms with van der Waals surface area (Å²) in [6.07, 6.45) is 5.45. The highest BCUT2D eigenvalue weighted by Gasteiger charge is 2.27. The van der Waals surface area contributed by atoms with Gasteiger partial charge in [0.25, 0.3) is 0 Å². The van der Waals surface area contributed by atoms with E-state index in [0.29, 0.717) is 12.1 Å². The van der Waals surface area contributed by atoms with E-state index in [2.05, 4.69) is 5.32 Å². The highest BCUT2D eigenvalue weighted by Crippen LogP contribution is 2.25. The van der Waals surface area contributed by atoms with Crippen LogP contribution in [0.2, 0.25) is 0 Å². The van der Waals surface area contributed by atoms with Gasteiger partial charge in [-0.05, 0) is 24.5 Å². The average Bonchev–Trinajstić information content (AvgIpc) is 2.40. The SMILES string of the molecule is NC1(CNC(=O)Cc2ccccc2F)CCCCC1. The van der Waals surface area contributed by atoms with Crippen molar-refractivity contribution in [3.05, 3.63) is 35.6 Å². The van der Waals surface area contributed by atoms with Crippen LogP contribution in [0.3, 0.4) is 0 Å². The molecule has 19 heavy (non-hydrogen) atoms. The third kappa shape index (κ3) is 4.03. The standard InChI is InChI=1S/C15H21FN2O/c16-13-7-3-2-6-12(13)10-14(19)18-11-15(17)8-4-1-5-9-15/h2-3,6-7H,1,4-5,8-11,17H2,(H,18,19). The molecule has 2 rings (SSSR count). The van der Waals surface area contributed by atoms with Crippen LogP contribution in [-0.2, 0) is 11.2 Å². The van der Waals surface area contributed by atoms with Gasteiger partial charge in [0.15, 0.2) is 0 Å². The summed E-state index contributed by atoms with van der Waals surface area (Å²) in [5.74, 6) is -0.502. The number of carbonyl (C=O) groups is 1. The number of rotatable bonds is 4. The van der Waals surface area contributed by atoms with Crippen LogP contribution in [0.5, 0.6) is 0 Å².